The van der Waals surface area contributed by atoms with Crippen LogP contribution in [0.3, 0.4) is 0 Å². The van der Waals surface area contributed by atoms with Crippen molar-refractivity contribution in [3.8, 4) is 5.69 Å². The van der Waals surface area contributed by atoms with Gasteiger partial charge in [0.2, 0.25) is 5.78 Å². The molecule has 0 N–H and O–H groups in total. The number of benzene rings is 1. The Morgan fingerprint density at radius 1 is 1.16 bits per heavy atom. The Balaban J connectivity index is 1.75. The fourth-order valence-electron chi connectivity index (χ4n) is 4.46. The van der Waals surface area contributed by atoms with Crippen LogP contribution in [0.5, 0.6) is 0 Å². The number of rotatable bonds is 8. The van der Waals surface area contributed by atoms with Gasteiger partial charge in [0.1, 0.15) is 11.8 Å². The van der Waals surface area contributed by atoms with Gasteiger partial charge in [0.05, 0.1) is 23.5 Å². The molecule has 32 heavy (non-hydrogen) atoms. The predicted molar refractivity (Wildman–Crippen MR) is 117 cm³/mol. The summed E-state index contributed by atoms with van der Waals surface area (Å²) >= 11 is 6.59. The molecule has 0 amide bonds. The number of alkyl halides is 4. The van der Waals surface area contributed by atoms with Gasteiger partial charge in [-0.1, -0.05) is 29.3 Å². The topological polar surface area (TPSA) is 25.5 Å². The Bertz CT molecular complexity index is 1100. The van der Waals surface area contributed by atoms with Crippen molar-refractivity contribution in [3.63, 3.8) is 0 Å². The van der Waals surface area contributed by atoms with E-state index in [1.807, 2.05) is 32.9 Å². The smallest absolute Gasteiger partial charge is 0.297 e. The second-order valence-electron chi connectivity index (χ2n) is 8.89. The van der Waals surface area contributed by atoms with Crippen LogP contribution < -0.4 is 0 Å². The van der Waals surface area contributed by atoms with Gasteiger partial charge in [0, 0.05) is 25.8 Å². The Kier molecular flexibility index (Phi) is 6.29. The standard InChI is InChI=1S/C23H27ClF4N4/c1-14-8-15(2)21(16(3)9-14)32-20(24)13-31-19(18(10-25)29-22(31)32)12-30(11-17-4-5-17)7-6-23(26,27)28/h8-9,13,17H,4-7,10-12H2,1-3H3. The van der Waals surface area contributed by atoms with E-state index in [0.29, 0.717) is 29.1 Å². The van der Waals surface area contributed by atoms with Gasteiger partial charge < -0.3 is 0 Å². The molecular weight excluding hydrogens is 444 g/mol. The molecule has 0 bridgehead atoms. The van der Waals surface area contributed by atoms with Crippen LogP contribution in [0.2, 0.25) is 5.15 Å². The van der Waals surface area contributed by atoms with E-state index in [2.05, 4.69) is 4.98 Å². The molecule has 1 fully saturated rings. The third-order valence-corrected chi connectivity index (χ3v) is 6.27. The van der Waals surface area contributed by atoms with Crippen LogP contribution in [-0.2, 0) is 13.2 Å². The molecule has 4 nitrogen and oxygen atoms in total. The van der Waals surface area contributed by atoms with Crippen LogP contribution in [0.4, 0.5) is 17.6 Å². The summed E-state index contributed by atoms with van der Waals surface area (Å²) in [5.41, 5.74) is 4.80. The first kappa shape index (κ1) is 23.1. The van der Waals surface area contributed by atoms with Crippen molar-refractivity contribution in [1.82, 2.24) is 18.9 Å². The Hall–Kier alpha value is -2.06. The molecule has 1 saturated carbocycles. The molecule has 0 radical (unpaired) electrons. The highest BCUT2D eigenvalue weighted by Crippen LogP contribution is 2.33. The minimum Gasteiger partial charge on any atom is -0.297 e. The lowest BCUT2D eigenvalue weighted by molar-refractivity contribution is -0.138. The second kappa shape index (κ2) is 8.71. The molecule has 0 unspecified atom stereocenters. The predicted octanol–water partition coefficient (Wildman–Crippen LogP) is 6.34. The van der Waals surface area contributed by atoms with Crippen molar-refractivity contribution < 1.29 is 17.6 Å². The highest BCUT2D eigenvalue weighted by atomic mass is 35.5. The molecule has 2 aromatic heterocycles. The van der Waals surface area contributed by atoms with E-state index >= 15 is 0 Å². The fraction of sp³-hybridized carbons (Fsp3) is 0.522. The largest absolute Gasteiger partial charge is 0.390 e. The van der Waals surface area contributed by atoms with Crippen molar-refractivity contribution in [3.05, 3.63) is 51.6 Å². The van der Waals surface area contributed by atoms with Crippen molar-refractivity contribution in [2.24, 2.45) is 5.92 Å². The second-order valence-corrected chi connectivity index (χ2v) is 9.27. The summed E-state index contributed by atoms with van der Waals surface area (Å²) in [4.78, 5) is 6.27. The lowest BCUT2D eigenvalue weighted by Crippen LogP contribution is -2.30. The van der Waals surface area contributed by atoms with E-state index in [0.717, 1.165) is 35.2 Å². The first-order valence-electron chi connectivity index (χ1n) is 10.8. The summed E-state index contributed by atoms with van der Waals surface area (Å²) in [6.07, 6.45) is -1.40. The zero-order valence-electron chi connectivity index (χ0n) is 18.4. The van der Waals surface area contributed by atoms with Gasteiger partial charge in [0.25, 0.3) is 0 Å². The molecule has 4 rings (SSSR count). The van der Waals surface area contributed by atoms with E-state index in [4.69, 9.17) is 11.6 Å². The lowest BCUT2D eigenvalue weighted by atomic mass is 10.1. The van der Waals surface area contributed by atoms with Crippen molar-refractivity contribution >= 4 is 17.4 Å². The number of fused-ring (bicyclic) bond motifs is 1. The van der Waals surface area contributed by atoms with Gasteiger partial charge in [-0.15, -0.1) is 0 Å². The Morgan fingerprint density at radius 2 is 1.81 bits per heavy atom. The number of aromatic nitrogens is 3. The monoisotopic (exact) mass is 470 g/mol. The van der Waals surface area contributed by atoms with E-state index in [1.54, 1.807) is 20.1 Å². The van der Waals surface area contributed by atoms with E-state index in [9.17, 15) is 17.6 Å². The van der Waals surface area contributed by atoms with Crippen LogP contribution in [-0.4, -0.2) is 38.1 Å². The first-order chi connectivity index (χ1) is 15.1. The molecule has 0 spiro atoms. The number of hydrogen-bond donors (Lipinski definition) is 0. The highest BCUT2D eigenvalue weighted by molar-refractivity contribution is 6.30. The normalized spacial score (nSPS) is 14.8. The summed E-state index contributed by atoms with van der Waals surface area (Å²) in [6, 6.07) is 4.09. The van der Waals surface area contributed by atoms with Gasteiger partial charge in [-0.25, -0.2) is 9.37 Å². The van der Waals surface area contributed by atoms with E-state index in [1.165, 1.54) is 0 Å². The van der Waals surface area contributed by atoms with E-state index < -0.39 is 19.3 Å². The minimum atomic E-state index is -4.23. The van der Waals surface area contributed by atoms with Crippen molar-refractivity contribution in [1.29, 1.82) is 0 Å². The summed E-state index contributed by atoms with van der Waals surface area (Å²) < 4.78 is 56.1. The highest BCUT2D eigenvalue weighted by Gasteiger charge is 2.31. The van der Waals surface area contributed by atoms with Crippen molar-refractivity contribution in [2.45, 2.75) is 59.4 Å². The average molecular weight is 471 g/mol. The molecule has 174 valence electrons. The molecule has 1 aliphatic carbocycles. The maximum atomic E-state index is 13.9. The molecule has 2 heterocycles. The quantitative estimate of drug-likeness (QED) is 0.359. The van der Waals surface area contributed by atoms with Gasteiger partial charge in [-0.3, -0.25) is 13.9 Å². The zero-order valence-corrected chi connectivity index (χ0v) is 19.2. The molecule has 9 heteroatoms. The Labute approximate surface area is 189 Å². The van der Waals surface area contributed by atoms with Crippen LogP contribution in [0.15, 0.2) is 18.3 Å². The van der Waals surface area contributed by atoms with Gasteiger partial charge in [0.15, 0.2) is 0 Å². The first-order valence-corrected chi connectivity index (χ1v) is 11.2. The number of imidazole rings is 2. The Morgan fingerprint density at radius 3 is 2.38 bits per heavy atom. The average Bonchev–Trinajstić information content (AvgIpc) is 3.37. The summed E-state index contributed by atoms with van der Waals surface area (Å²) in [7, 11) is 0. The van der Waals surface area contributed by atoms with Crippen LogP contribution in [0.1, 0.15) is 47.3 Å². The number of aryl methyl sites for hydroxylation is 3. The van der Waals surface area contributed by atoms with Crippen LogP contribution in [0, 0.1) is 26.7 Å². The van der Waals surface area contributed by atoms with Crippen molar-refractivity contribution in [2.75, 3.05) is 13.1 Å². The maximum Gasteiger partial charge on any atom is 0.390 e. The van der Waals surface area contributed by atoms with E-state index in [-0.39, 0.29) is 18.8 Å². The summed E-state index contributed by atoms with van der Waals surface area (Å²) in [6.45, 7) is 5.83. The van der Waals surface area contributed by atoms with Gasteiger partial charge in [-0.05, 0) is 50.7 Å². The van der Waals surface area contributed by atoms with Crippen LogP contribution >= 0.6 is 11.6 Å². The number of halogens is 5. The minimum absolute atomic E-state index is 0.121. The number of nitrogens with zero attached hydrogens (tertiary/aromatic N) is 4. The molecular formula is C23H27ClF4N4. The summed E-state index contributed by atoms with van der Waals surface area (Å²) in [5, 5.41) is 0.415. The third kappa shape index (κ3) is 4.81. The fourth-order valence-corrected chi connectivity index (χ4v) is 4.71. The van der Waals surface area contributed by atoms with Crippen LogP contribution in [0.25, 0.3) is 11.5 Å². The molecule has 1 aromatic carbocycles. The molecule has 0 aliphatic heterocycles. The number of hydrogen-bond acceptors (Lipinski definition) is 2. The zero-order chi connectivity index (χ0) is 23.2. The maximum absolute atomic E-state index is 13.9. The molecule has 1 aliphatic rings. The lowest BCUT2D eigenvalue weighted by Gasteiger charge is -2.23. The molecule has 0 saturated heterocycles. The SMILES string of the molecule is Cc1cc(C)c(-n2c(Cl)cn3c(CN(CCC(F)(F)F)CC4CC4)c(CF)nc23)c(C)c1. The van der Waals surface area contributed by atoms with Gasteiger partial charge >= 0.3 is 6.18 Å². The molecule has 0 atom stereocenters. The van der Waals surface area contributed by atoms with Gasteiger partial charge in [-0.2, -0.15) is 13.2 Å². The molecule has 3 aromatic rings. The summed E-state index contributed by atoms with van der Waals surface area (Å²) in [5.74, 6) is 0.876. The third-order valence-electron chi connectivity index (χ3n) is 6.01.